The Morgan fingerprint density at radius 2 is 2.41 bits per heavy atom. The van der Waals surface area contributed by atoms with E-state index in [1.807, 2.05) is 0 Å². The first-order valence-corrected chi connectivity index (χ1v) is 5.69. The van der Waals surface area contributed by atoms with Crippen LogP contribution in [0.5, 0.6) is 0 Å². The zero-order chi connectivity index (χ0) is 13.0. The molecule has 17 heavy (non-hydrogen) atoms. The number of nitrogens with zero attached hydrogens (tertiary/aromatic N) is 2. The number of hydrogen-bond acceptors (Lipinski definition) is 5. The number of rotatable bonds is 4. The minimum atomic E-state index is -0.732. The van der Waals surface area contributed by atoms with E-state index < -0.39 is 6.04 Å². The lowest BCUT2D eigenvalue weighted by atomic mass is 10.1. The van der Waals surface area contributed by atoms with Gasteiger partial charge in [0.05, 0.1) is 17.4 Å². The van der Waals surface area contributed by atoms with E-state index in [2.05, 4.69) is 19.2 Å². The second-order valence-corrected chi connectivity index (χ2v) is 4.52. The van der Waals surface area contributed by atoms with Gasteiger partial charge >= 0.3 is 0 Å². The first kappa shape index (κ1) is 14.0. The molecule has 0 N–H and O–H groups in total. The Kier molecular flexibility index (Phi) is 4.96. The summed E-state index contributed by atoms with van der Waals surface area (Å²) in [5.41, 5.74) is 0.316. The lowest BCUT2D eigenvalue weighted by molar-refractivity contribution is -0.170. The fraction of sp³-hybridized carbons (Fsp3) is 0.545. The van der Waals surface area contributed by atoms with Crippen LogP contribution in [0.25, 0.3) is 0 Å². The number of thiol groups is 1. The lowest BCUT2D eigenvalue weighted by Crippen LogP contribution is -2.43. The van der Waals surface area contributed by atoms with Gasteiger partial charge in [0, 0.05) is 20.6 Å². The standard InChI is InChI=1S/C11H16N2O3S/c1-4-5-16-13-6-9(17)8(7-14)10(13)11(15)12(2)3/h4,9-10,17H,1,5-6H2,2-3H3/t9-,10+/m1/s1. The first-order valence-electron chi connectivity index (χ1n) is 5.17. The molecule has 1 aliphatic heterocycles. The maximum Gasteiger partial charge on any atom is 0.246 e. The van der Waals surface area contributed by atoms with Gasteiger partial charge in [0.2, 0.25) is 5.91 Å². The highest BCUT2D eigenvalue weighted by atomic mass is 32.1. The Morgan fingerprint density at radius 3 is 2.88 bits per heavy atom. The van der Waals surface area contributed by atoms with Gasteiger partial charge in [-0.1, -0.05) is 6.08 Å². The quantitative estimate of drug-likeness (QED) is 0.435. The topological polar surface area (TPSA) is 49.9 Å². The summed E-state index contributed by atoms with van der Waals surface area (Å²) in [6.45, 7) is 4.20. The molecule has 1 heterocycles. The molecule has 0 radical (unpaired) electrons. The molecule has 1 fully saturated rings. The molecule has 5 nitrogen and oxygen atoms in total. The molecule has 1 aliphatic rings. The molecule has 0 aromatic rings. The first-order chi connectivity index (χ1) is 8.02. The van der Waals surface area contributed by atoms with Crippen molar-refractivity contribution in [3.63, 3.8) is 0 Å². The zero-order valence-corrected chi connectivity index (χ0v) is 10.8. The van der Waals surface area contributed by atoms with Crippen molar-refractivity contribution in [1.82, 2.24) is 9.96 Å². The van der Waals surface area contributed by atoms with Crippen molar-refractivity contribution in [3.05, 3.63) is 18.2 Å². The van der Waals surface area contributed by atoms with Crippen LogP contribution in [0, 0.1) is 0 Å². The van der Waals surface area contributed by atoms with Crippen molar-refractivity contribution in [1.29, 1.82) is 0 Å². The molecular weight excluding hydrogens is 240 g/mol. The molecule has 1 amide bonds. The predicted molar refractivity (Wildman–Crippen MR) is 67.3 cm³/mol. The van der Waals surface area contributed by atoms with E-state index >= 15 is 0 Å². The van der Waals surface area contributed by atoms with Crippen LogP contribution in [-0.4, -0.2) is 60.4 Å². The normalized spacial score (nSPS) is 24.5. The smallest absolute Gasteiger partial charge is 0.246 e. The van der Waals surface area contributed by atoms with E-state index in [0.29, 0.717) is 12.1 Å². The highest BCUT2D eigenvalue weighted by Gasteiger charge is 2.42. The average molecular weight is 256 g/mol. The third kappa shape index (κ3) is 2.98. The molecule has 0 bridgehead atoms. The van der Waals surface area contributed by atoms with Crippen LogP contribution in [-0.2, 0) is 14.4 Å². The van der Waals surface area contributed by atoms with E-state index in [9.17, 15) is 9.59 Å². The number of amides is 1. The van der Waals surface area contributed by atoms with Crippen LogP contribution in [0.15, 0.2) is 18.2 Å². The molecule has 0 aromatic heterocycles. The molecule has 0 aliphatic carbocycles. The minimum absolute atomic E-state index is 0.219. The van der Waals surface area contributed by atoms with Gasteiger partial charge in [-0.3, -0.25) is 9.63 Å². The Labute approximate surface area is 106 Å². The van der Waals surface area contributed by atoms with Crippen molar-refractivity contribution in [2.75, 3.05) is 27.2 Å². The fourth-order valence-corrected chi connectivity index (χ4v) is 1.97. The third-order valence-electron chi connectivity index (χ3n) is 2.45. The summed E-state index contributed by atoms with van der Waals surface area (Å²) in [4.78, 5) is 29.6. The van der Waals surface area contributed by atoms with E-state index in [1.54, 1.807) is 26.1 Å². The van der Waals surface area contributed by atoms with E-state index in [4.69, 9.17) is 4.84 Å². The summed E-state index contributed by atoms with van der Waals surface area (Å²) in [5.74, 6) is 1.58. The molecule has 6 heteroatoms. The highest BCUT2D eigenvalue weighted by molar-refractivity contribution is 7.81. The average Bonchev–Trinajstić information content (AvgIpc) is 2.61. The van der Waals surface area contributed by atoms with Crippen molar-refractivity contribution in [2.24, 2.45) is 0 Å². The van der Waals surface area contributed by atoms with Gasteiger partial charge in [0.15, 0.2) is 0 Å². The molecule has 0 spiro atoms. The number of likely N-dealkylation sites (N-methyl/N-ethyl adjacent to an activating group) is 1. The molecule has 1 saturated heterocycles. The highest BCUT2D eigenvalue weighted by Crippen LogP contribution is 2.27. The Bertz CT molecular complexity index is 364. The summed E-state index contributed by atoms with van der Waals surface area (Å²) in [6.07, 6.45) is 1.58. The summed E-state index contributed by atoms with van der Waals surface area (Å²) < 4.78 is 0. The summed E-state index contributed by atoms with van der Waals surface area (Å²) >= 11 is 4.25. The lowest BCUT2D eigenvalue weighted by Gasteiger charge is -2.24. The van der Waals surface area contributed by atoms with Crippen LogP contribution in [0.1, 0.15) is 0 Å². The van der Waals surface area contributed by atoms with E-state index in [-0.39, 0.29) is 17.8 Å². The second kappa shape index (κ2) is 6.02. The van der Waals surface area contributed by atoms with Gasteiger partial charge in [-0.2, -0.15) is 17.7 Å². The molecule has 94 valence electrons. The maximum absolute atomic E-state index is 12.0. The minimum Gasteiger partial charge on any atom is -0.347 e. The van der Waals surface area contributed by atoms with Crippen molar-refractivity contribution < 1.29 is 14.4 Å². The number of hydrogen-bond donors (Lipinski definition) is 1. The van der Waals surface area contributed by atoms with Crippen LogP contribution in [0.2, 0.25) is 0 Å². The number of hydroxylamine groups is 2. The maximum atomic E-state index is 12.0. The molecule has 1 rings (SSSR count). The van der Waals surface area contributed by atoms with E-state index in [0.717, 1.165) is 0 Å². The van der Waals surface area contributed by atoms with Crippen molar-refractivity contribution in [3.8, 4) is 0 Å². The Hall–Kier alpha value is -1.07. The third-order valence-corrected chi connectivity index (χ3v) is 2.89. The van der Waals surface area contributed by atoms with Crippen molar-refractivity contribution in [2.45, 2.75) is 11.3 Å². The molecule has 2 atom stereocenters. The number of carbonyl (C=O) groups is 1. The molecule has 0 aromatic carbocycles. The zero-order valence-electron chi connectivity index (χ0n) is 9.92. The van der Waals surface area contributed by atoms with Crippen molar-refractivity contribution >= 4 is 24.5 Å². The summed E-state index contributed by atoms with van der Waals surface area (Å²) in [6, 6.07) is -0.732. The molecule has 0 unspecified atom stereocenters. The fourth-order valence-electron chi connectivity index (χ4n) is 1.61. The van der Waals surface area contributed by atoms with Gasteiger partial charge < -0.3 is 4.90 Å². The predicted octanol–water partition coefficient (Wildman–Crippen LogP) is -0.0672. The Balaban J connectivity index is 2.94. The Morgan fingerprint density at radius 1 is 1.76 bits per heavy atom. The monoisotopic (exact) mass is 256 g/mol. The largest absolute Gasteiger partial charge is 0.347 e. The SMILES string of the molecule is C=CCON1C[C@@H](S)C(=C=O)[C@H]1C(=O)N(C)C. The van der Waals surface area contributed by atoms with Crippen LogP contribution in [0.3, 0.4) is 0 Å². The molecule has 0 saturated carbocycles. The number of carbonyl (C=O) groups excluding carboxylic acids is 2. The summed E-state index contributed by atoms with van der Waals surface area (Å²) in [5, 5.41) is 1.13. The van der Waals surface area contributed by atoms with Crippen LogP contribution < -0.4 is 0 Å². The summed E-state index contributed by atoms with van der Waals surface area (Å²) in [7, 11) is 3.25. The van der Waals surface area contributed by atoms with Gasteiger partial charge in [0.25, 0.3) is 0 Å². The van der Waals surface area contributed by atoms with Gasteiger partial charge in [-0.05, 0) is 0 Å². The van der Waals surface area contributed by atoms with Gasteiger partial charge in [0.1, 0.15) is 12.0 Å². The van der Waals surface area contributed by atoms with Gasteiger partial charge in [-0.25, -0.2) is 4.79 Å². The molecular formula is C11H16N2O3S. The van der Waals surface area contributed by atoms with Crippen LogP contribution >= 0.6 is 12.6 Å². The van der Waals surface area contributed by atoms with E-state index in [1.165, 1.54) is 9.96 Å². The second-order valence-electron chi connectivity index (χ2n) is 3.89. The van der Waals surface area contributed by atoms with Crippen LogP contribution in [0.4, 0.5) is 0 Å². The van der Waals surface area contributed by atoms with Gasteiger partial charge in [-0.15, -0.1) is 6.58 Å².